The maximum absolute atomic E-state index is 13.9. The molecule has 1 atom stereocenters. The Kier molecular flexibility index (Phi) is 7.33. The van der Waals surface area contributed by atoms with Gasteiger partial charge in [0.15, 0.2) is 0 Å². The number of nitrogens with two attached hydrogens (primary N) is 1. The van der Waals surface area contributed by atoms with Gasteiger partial charge in [-0.05, 0) is 85.5 Å². The molecule has 2 aromatic carbocycles. The number of hydrogen-bond donors (Lipinski definition) is 1. The minimum atomic E-state index is -0.427. The summed E-state index contributed by atoms with van der Waals surface area (Å²) in [4.78, 5) is 29.9. The molecule has 5 rings (SSSR count). The van der Waals surface area contributed by atoms with Gasteiger partial charge in [-0.15, -0.1) is 0 Å². The Hall–Kier alpha value is -2.82. The van der Waals surface area contributed by atoms with E-state index in [1.807, 2.05) is 23.1 Å². The molecular formula is C32H43N3O2. The molecular weight excluding hydrogens is 458 g/mol. The third kappa shape index (κ3) is 5.15. The van der Waals surface area contributed by atoms with Crippen LogP contribution in [0.5, 0.6) is 0 Å². The summed E-state index contributed by atoms with van der Waals surface area (Å²) in [5.74, 6) is 0.892. The maximum Gasteiger partial charge on any atom is 0.320 e. The molecule has 198 valence electrons. The van der Waals surface area contributed by atoms with Crippen LogP contribution < -0.4 is 5.73 Å². The van der Waals surface area contributed by atoms with Crippen LogP contribution in [-0.2, 0) is 12.0 Å². The van der Waals surface area contributed by atoms with Crippen molar-refractivity contribution in [2.45, 2.75) is 89.1 Å². The van der Waals surface area contributed by atoms with Crippen LogP contribution >= 0.6 is 0 Å². The molecule has 3 amide bonds. The Labute approximate surface area is 222 Å². The average molecular weight is 502 g/mol. The summed E-state index contributed by atoms with van der Waals surface area (Å²) in [7, 11) is 0. The Morgan fingerprint density at radius 1 is 1.05 bits per heavy atom. The van der Waals surface area contributed by atoms with Gasteiger partial charge in [0.25, 0.3) is 0 Å². The number of amides is 3. The van der Waals surface area contributed by atoms with Crippen LogP contribution in [-0.4, -0.2) is 40.4 Å². The molecule has 0 bridgehead atoms. The van der Waals surface area contributed by atoms with Crippen LogP contribution in [0.25, 0.3) is 0 Å². The molecule has 1 spiro atoms. The monoisotopic (exact) mass is 501 g/mol. The number of rotatable bonds is 9. The Morgan fingerprint density at radius 2 is 1.78 bits per heavy atom. The van der Waals surface area contributed by atoms with E-state index in [0.717, 1.165) is 44.3 Å². The number of primary amides is 1. The van der Waals surface area contributed by atoms with Gasteiger partial charge >= 0.3 is 6.03 Å². The molecule has 2 aromatic rings. The number of urea groups is 1. The van der Waals surface area contributed by atoms with Crippen molar-refractivity contribution >= 4 is 11.9 Å². The second-order valence-corrected chi connectivity index (χ2v) is 12.2. The van der Waals surface area contributed by atoms with E-state index in [2.05, 4.69) is 49.1 Å². The normalized spacial score (nSPS) is 26.9. The van der Waals surface area contributed by atoms with Crippen molar-refractivity contribution in [3.05, 3.63) is 71.3 Å². The third-order valence-electron chi connectivity index (χ3n) is 9.77. The number of benzene rings is 2. The first-order valence-electron chi connectivity index (χ1n) is 14.3. The van der Waals surface area contributed by atoms with Crippen LogP contribution in [0.2, 0.25) is 0 Å². The van der Waals surface area contributed by atoms with E-state index in [4.69, 9.17) is 5.73 Å². The van der Waals surface area contributed by atoms with Crippen molar-refractivity contribution in [2.24, 2.45) is 17.6 Å². The van der Waals surface area contributed by atoms with E-state index < -0.39 is 5.91 Å². The molecule has 5 heteroatoms. The van der Waals surface area contributed by atoms with Crippen LogP contribution in [0.4, 0.5) is 4.79 Å². The smallest absolute Gasteiger partial charge is 0.320 e. The lowest BCUT2D eigenvalue weighted by atomic mass is 9.60. The van der Waals surface area contributed by atoms with Gasteiger partial charge in [-0.25, -0.2) is 4.79 Å². The zero-order valence-electron chi connectivity index (χ0n) is 22.6. The first-order chi connectivity index (χ1) is 17.8. The largest absolute Gasteiger partial charge is 0.366 e. The van der Waals surface area contributed by atoms with Gasteiger partial charge < -0.3 is 15.5 Å². The van der Waals surface area contributed by atoms with Crippen LogP contribution in [0.1, 0.15) is 93.1 Å². The third-order valence-corrected chi connectivity index (χ3v) is 9.77. The number of carbonyl (C=O) groups is 2. The molecule has 0 radical (unpaired) electrons. The zero-order valence-corrected chi connectivity index (χ0v) is 22.6. The van der Waals surface area contributed by atoms with Gasteiger partial charge in [-0.3, -0.25) is 4.79 Å². The molecule has 2 N–H and O–H groups in total. The standard InChI is InChI=1S/C32H43N3O2/c1-3-24(2)20-31(28-13-5-4-6-14-28)15-17-32(18-16-31)23-34(30(37)35(32)22-25-9-7-10-25)21-26-11-8-12-27(19-26)29(33)36/h4-6,8,11-14,19,24-25H,3,7,9-10,15-18,20-23H2,1-2H3,(H2,33,36). The molecule has 2 aliphatic carbocycles. The van der Waals surface area contributed by atoms with Crippen molar-refractivity contribution in [3.63, 3.8) is 0 Å². The van der Waals surface area contributed by atoms with Gasteiger partial charge in [-0.1, -0.05) is 69.2 Å². The van der Waals surface area contributed by atoms with E-state index in [1.54, 1.807) is 6.07 Å². The summed E-state index contributed by atoms with van der Waals surface area (Å²) < 4.78 is 0. The van der Waals surface area contributed by atoms with Gasteiger partial charge in [0.1, 0.15) is 0 Å². The summed E-state index contributed by atoms with van der Waals surface area (Å²) in [6.07, 6.45) is 10.5. The SMILES string of the molecule is CCC(C)CC1(c2ccccc2)CCC2(CC1)CN(Cc1cccc(C(N)=O)c1)C(=O)N2CC1CCC1. The minimum absolute atomic E-state index is 0.0955. The highest BCUT2D eigenvalue weighted by Gasteiger charge is 2.54. The van der Waals surface area contributed by atoms with Crippen molar-refractivity contribution in [3.8, 4) is 0 Å². The molecule has 0 aromatic heterocycles. The summed E-state index contributed by atoms with van der Waals surface area (Å²) >= 11 is 0. The van der Waals surface area contributed by atoms with Crippen LogP contribution in [0.15, 0.2) is 54.6 Å². The van der Waals surface area contributed by atoms with E-state index in [0.29, 0.717) is 23.9 Å². The minimum Gasteiger partial charge on any atom is -0.366 e. The Morgan fingerprint density at radius 3 is 2.41 bits per heavy atom. The highest BCUT2D eigenvalue weighted by atomic mass is 16.2. The zero-order chi connectivity index (χ0) is 26.0. The van der Waals surface area contributed by atoms with E-state index in [-0.39, 0.29) is 17.0 Å². The molecule has 37 heavy (non-hydrogen) atoms. The number of hydrogen-bond acceptors (Lipinski definition) is 2. The molecule has 3 fully saturated rings. The van der Waals surface area contributed by atoms with Crippen LogP contribution in [0, 0.1) is 11.8 Å². The summed E-state index contributed by atoms with van der Waals surface area (Å²) in [6, 6.07) is 18.7. The molecule has 1 saturated heterocycles. The maximum atomic E-state index is 13.9. The summed E-state index contributed by atoms with van der Waals surface area (Å²) in [5.41, 5.74) is 8.56. The number of carbonyl (C=O) groups excluding carboxylic acids is 2. The second-order valence-electron chi connectivity index (χ2n) is 12.2. The topological polar surface area (TPSA) is 66.6 Å². The van der Waals surface area contributed by atoms with Gasteiger partial charge in [0.2, 0.25) is 5.91 Å². The Balaban J connectivity index is 1.40. The predicted octanol–water partition coefficient (Wildman–Crippen LogP) is 6.51. The fourth-order valence-electron chi connectivity index (χ4n) is 7.09. The lowest BCUT2D eigenvalue weighted by Gasteiger charge is -2.50. The van der Waals surface area contributed by atoms with Gasteiger partial charge in [-0.2, -0.15) is 0 Å². The molecule has 2 saturated carbocycles. The van der Waals surface area contributed by atoms with Crippen molar-refractivity contribution in [1.82, 2.24) is 9.80 Å². The first kappa shape index (κ1) is 25.8. The molecule has 3 aliphatic rings. The highest BCUT2D eigenvalue weighted by Crippen LogP contribution is 2.51. The van der Waals surface area contributed by atoms with E-state index in [1.165, 1.54) is 37.7 Å². The quantitative estimate of drug-likeness (QED) is 0.426. The van der Waals surface area contributed by atoms with Crippen molar-refractivity contribution in [2.75, 3.05) is 13.1 Å². The molecule has 5 nitrogen and oxygen atoms in total. The van der Waals surface area contributed by atoms with E-state index >= 15 is 0 Å². The van der Waals surface area contributed by atoms with Crippen molar-refractivity contribution in [1.29, 1.82) is 0 Å². The van der Waals surface area contributed by atoms with Crippen LogP contribution in [0.3, 0.4) is 0 Å². The number of nitrogens with zero attached hydrogens (tertiary/aromatic N) is 2. The summed E-state index contributed by atoms with van der Waals surface area (Å²) in [5, 5.41) is 0. The molecule has 1 unspecified atom stereocenters. The molecule has 1 aliphatic heterocycles. The lowest BCUT2D eigenvalue weighted by molar-refractivity contribution is 0.0589. The highest BCUT2D eigenvalue weighted by molar-refractivity contribution is 5.92. The first-order valence-corrected chi connectivity index (χ1v) is 14.3. The lowest BCUT2D eigenvalue weighted by Crippen LogP contribution is -2.54. The van der Waals surface area contributed by atoms with Crippen molar-refractivity contribution < 1.29 is 9.59 Å². The average Bonchev–Trinajstić information content (AvgIpc) is 3.13. The van der Waals surface area contributed by atoms with E-state index in [9.17, 15) is 9.59 Å². The fourth-order valence-corrected chi connectivity index (χ4v) is 7.09. The fraction of sp³-hybridized carbons (Fsp3) is 0.562. The predicted molar refractivity (Wildman–Crippen MR) is 148 cm³/mol. The molecule has 1 heterocycles. The Bertz CT molecular complexity index is 1100. The van der Waals surface area contributed by atoms with Gasteiger partial charge in [0.05, 0.1) is 5.54 Å². The summed E-state index contributed by atoms with van der Waals surface area (Å²) in [6.45, 7) is 6.88. The van der Waals surface area contributed by atoms with Gasteiger partial charge in [0, 0.05) is 25.2 Å². The second kappa shape index (κ2) is 10.5.